The fraction of sp³-hybridized carbons (Fsp3) is 0.579. The van der Waals surface area contributed by atoms with Crippen LogP contribution in [0.25, 0.3) is 0 Å². The van der Waals surface area contributed by atoms with Gasteiger partial charge in [0.05, 0.1) is 0 Å². The van der Waals surface area contributed by atoms with Gasteiger partial charge in [-0.2, -0.15) is 0 Å². The molecule has 1 atom stereocenters. The molecule has 3 heteroatoms. The van der Waals surface area contributed by atoms with Crippen LogP contribution >= 0.6 is 0 Å². The summed E-state index contributed by atoms with van der Waals surface area (Å²) in [4.78, 5) is 24.1. The first kappa shape index (κ1) is 16.7. The Hall–Kier alpha value is -1.64. The zero-order chi connectivity index (χ0) is 16.1. The van der Waals surface area contributed by atoms with Crippen molar-refractivity contribution < 1.29 is 9.59 Å². The Morgan fingerprint density at radius 1 is 1.05 bits per heavy atom. The maximum Gasteiger partial charge on any atom is 0.220 e. The number of aryl methyl sites for hydroxylation is 2. The molecule has 0 fully saturated rings. The number of hydrogen-bond acceptors (Lipinski definition) is 2. The van der Waals surface area contributed by atoms with Crippen LogP contribution in [0, 0.1) is 5.92 Å². The molecular formula is C19H27NO2. The van der Waals surface area contributed by atoms with Crippen LogP contribution in [0.15, 0.2) is 18.2 Å². The van der Waals surface area contributed by atoms with Crippen LogP contribution in [-0.2, 0) is 17.6 Å². The summed E-state index contributed by atoms with van der Waals surface area (Å²) < 4.78 is 0. The lowest BCUT2D eigenvalue weighted by Crippen LogP contribution is -2.36. The van der Waals surface area contributed by atoms with Crippen LogP contribution in [0.1, 0.15) is 67.9 Å². The van der Waals surface area contributed by atoms with Crippen molar-refractivity contribution in [3.8, 4) is 0 Å². The van der Waals surface area contributed by atoms with Crippen LogP contribution in [0.5, 0.6) is 0 Å². The summed E-state index contributed by atoms with van der Waals surface area (Å²) in [6.45, 7) is 6.14. The molecule has 1 aliphatic carbocycles. The van der Waals surface area contributed by atoms with Crippen molar-refractivity contribution in [3.63, 3.8) is 0 Å². The number of Topliss-reactive ketones (excluding diaryl/α,β-unsaturated/α-hetero) is 1. The number of amides is 1. The van der Waals surface area contributed by atoms with E-state index in [-0.39, 0.29) is 30.6 Å². The Balaban J connectivity index is 1.88. The van der Waals surface area contributed by atoms with Gasteiger partial charge in [-0.05, 0) is 55.7 Å². The summed E-state index contributed by atoms with van der Waals surface area (Å²) in [5.74, 6) is 0.438. The van der Waals surface area contributed by atoms with Crippen molar-refractivity contribution in [2.24, 2.45) is 5.92 Å². The maximum atomic E-state index is 12.3. The predicted octanol–water partition coefficient (Wildman–Crippen LogP) is 3.69. The minimum atomic E-state index is -0.0347. The second-order valence-electron chi connectivity index (χ2n) is 6.71. The average Bonchev–Trinajstić information content (AvgIpc) is 2.52. The van der Waals surface area contributed by atoms with E-state index in [9.17, 15) is 9.59 Å². The Labute approximate surface area is 133 Å². The molecule has 1 aromatic rings. The zero-order valence-electron chi connectivity index (χ0n) is 13.9. The summed E-state index contributed by atoms with van der Waals surface area (Å²) >= 11 is 0. The maximum absolute atomic E-state index is 12.3. The fourth-order valence-electron chi connectivity index (χ4n) is 2.77. The largest absolute Gasteiger partial charge is 0.353 e. The standard InChI is InChI=1S/C19H27NO2/c1-13(2)14(3)20-19(22)11-10-18(21)17-9-8-15-6-4-5-7-16(15)12-17/h8-9,12-14H,4-7,10-11H2,1-3H3,(H,20,22)/t14-/m1/s1. The summed E-state index contributed by atoms with van der Waals surface area (Å²) in [5, 5.41) is 2.94. The van der Waals surface area contributed by atoms with Gasteiger partial charge in [0.2, 0.25) is 5.91 Å². The number of benzene rings is 1. The lowest BCUT2D eigenvalue weighted by molar-refractivity contribution is -0.121. The van der Waals surface area contributed by atoms with Gasteiger partial charge in [0, 0.05) is 24.4 Å². The van der Waals surface area contributed by atoms with E-state index < -0.39 is 0 Å². The van der Waals surface area contributed by atoms with Crippen molar-refractivity contribution >= 4 is 11.7 Å². The van der Waals surface area contributed by atoms with Gasteiger partial charge in [-0.1, -0.05) is 26.0 Å². The molecule has 1 N–H and O–H groups in total. The highest BCUT2D eigenvalue weighted by Crippen LogP contribution is 2.22. The van der Waals surface area contributed by atoms with E-state index in [0.717, 1.165) is 18.4 Å². The van der Waals surface area contributed by atoms with E-state index >= 15 is 0 Å². The van der Waals surface area contributed by atoms with Gasteiger partial charge in [-0.3, -0.25) is 9.59 Å². The van der Waals surface area contributed by atoms with Crippen molar-refractivity contribution in [2.75, 3.05) is 0 Å². The number of carbonyl (C=O) groups excluding carboxylic acids is 2. The molecule has 0 saturated carbocycles. The molecule has 0 spiro atoms. The van der Waals surface area contributed by atoms with E-state index in [1.165, 1.54) is 24.0 Å². The summed E-state index contributed by atoms with van der Waals surface area (Å²) in [7, 11) is 0. The molecule has 0 saturated heterocycles. The Kier molecular flexibility index (Phi) is 5.76. The third-order valence-electron chi connectivity index (χ3n) is 4.64. The molecular weight excluding hydrogens is 274 g/mol. The molecule has 0 unspecified atom stereocenters. The van der Waals surface area contributed by atoms with Crippen LogP contribution < -0.4 is 5.32 Å². The van der Waals surface area contributed by atoms with E-state index in [1.807, 2.05) is 19.1 Å². The first-order chi connectivity index (χ1) is 10.5. The van der Waals surface area contributed by atoms with Crippen LogP contribution in [-0.4, -0.2) is 17.7 Å². The number of fused-ring (bicyclic) bond motifs is 1. The minimum absolute atomic E-state index is 0.0347. The van der Waals surface area contributed by atoms with Crippen LogP contribution in [0.3, 0.4) is 0 Å². The van der Waals surface area contributed by atoms with E-state index in [2.05, 4.69) is 25.2 Å². The van der Waals surface area contributed by atoms with Crippen molar-refractivity contribution in [2.45, 2.75) is 65.3 Å². The molecule has 1 aliphatic rings. The van der Waals surface area contributed by atoms with Gasteiger partial charge in [-0.25, -0.2) is 0 Å². The molecule has 0 aromatic heterocycles. The first-order valence-electron chi connectivity index (χ1n) is 8.41. The molecule has 1 aromatic carbocycles. The van der Waals surface area contributed by atoms with Gasteiger partial charge < -0.3 is 5.32 Å². The molecule has 0 bridgehead atoms. The SMILES string of the molecule is CC(C)[C@@H](C)NC(=O)CCC(=O)c1ccc2c(c1)CCCC2. The molecule has 120 valence electrons. The smallest absolute Gasteiger partial charge is 0.220 e. The molecule has 0 heterocycles. The van der Waals surface area contributed by atoms with Gasteiger partial charge >= 0.3 is 0 Å². The molecule has 3 nitrogen and oxygen atoms in total. The number of rotatable bonds is 6. The second kappa shape index (κ2) is 7.57. The van der Waals surface area contributed by atoms with Crippen LogP contribution in [0.2, 0.25) is 0 Å². The Morgan fingerprint density at radius 3 is 2.41 bits per heavy atom. The van der Waals surface area contributed by atoms with Gasteiger partial charge in [-0.15, -0.1) is 0 Å². The lowest BCUT2D eigenvalue weighted by Gasteiger charge is -2.17. The summed E-state index contributed by atoms with van der Waals surface area (Å²) in [6, 6.07) is 6.18. The summed E-state index contributed by atoms with van der Waals surface area (Å²) in [5.41, 5.74) is 3.45. The third-order valence-corrected chi connectivity index (χ3v) is 4.64. The molecule has 1 amide bonds. The summed E-state index contributed by atoms with van der Waals surface area (Å²) in [6.07, 6.45) is 5.21. The van der Waals surface area contributed by atoms with E-state index in [1.54, 1.807) is 0 Å². The molecule has 0 aliphatic heterocycles. The van der Waals surface area contributed by atoms with Crippen molar-refractivity contribution in [1.29, 1.82) is 0 Å². The minimum Gasteiger partial charge on any atom is -0.353 e. The van der Waals surface area contributed by atoms with Gasteiger partial charge in [0.15, 0.2) is 5.78 Å². The average molecular weight is 301 g/mol. The van der Waals surface area contributed by atoms with Crippen molar-refractivity contribution in [3.05, 3.63) is 34.9 Å². The topological polar surface area (TPSA) is 46.2 Å². The monoisotopic (exact) mass is 301 g/mol. The number of hydrogen-bond donors (Lipinski definition) is 1. The van der Waals surface area contributed by atoms with E-state index in [4.69, 9.17) is 0 Å². The van der Waals surface area contributed by atoms with Crippen molar-refractivity contribution in [1.82, 2.24) is 5.32 Å². The number of nitrogens with one attached hydrogen (secondary N) is 1. The molecule has 2 rings (SSSR count). The highest BCUT2D eigenvalue weighted by molar-refractivity contribution is 5.98. The lowest BCUT2D eigenvalue weighted by atomic mass is 9.89. The number of ketones is 1. The van der Waals surface area contributed by atoms with Gasteiger partial charge in [0.25, 0.3) is 0 Å². The Morgan fingerprint density at radius 2 is 1.73 bits per heavy atom. The quantitative estimate of drug-likeness (QED) is 0.815. The first-order valence-corrected chi connectivity index (χ1v) is 8.41. The van der Waals surface area contributed by atoms with E-state index in [0.29, 0.717) is 5.92 Å². The molecule has 22 heavy (non-hydrogen) atoms. The van der Waals surface area contributed by atoms with Gasteiger partial charge in [0.1, 0.15) is 0 Å². The predicted molar refractivity (Wildman–Crippen MR) is 89.1 cm³/mol. The van der Waals surface area contributed by atoms with Crippen LogP contribution in [0.4, 0.5) is 0 Å². The highest BCUT2D eigenvalue weighted by Gasteiger charge is 2.15. The number of carbonyl (C=O) groups is 2. The Bertz CT molecular complexity index is 548. The third kappa shape index (κ3) is 4.43. The normalized spacial score (nSPS) is 15.3. The second-order valence-corrected chi connectivity index (χ2v) is 6.71. The fourth-order valence-corrected chi connectivity index (χ4v) is 2.77. The molecule has 0 radical (unpaired) electrons. The zero-order valence-corrected chi connectivity index (χ0v) is 13.9. The highest BCUT2D eigenvalue weighted by atomic mass is 16.2.